The van der Waals surface area contributed by atoms with Gasteiger partial charge in [-0.15, -0.1) is 0 Å². The normalized spacial score (nSPS) is 11.4. The van der Waals surface area contributed by atoms with E-state index in [4.69, 9.17) is 0 Å². The second kappa shape index (κ2) is 6.54. The molecule has 0 atom stereocenters. The van der Waals surface area contributed by atoms with Gasteiger partial charge < -0.3 is 4.90 Å². The number of rotatable bonds is 5. The second-order valence-corrected chi connectivity index (χ2v) is 4.14. The summed E-state index contributed by atoms with van der Waals surface area (Å²) in [5.74, 6) is -0.807. The minimum absolute atomic E-state index is 0.0218. The Kier molecular flexibility index (Phi) is 5.32. The van der Waals surface area contributed by atoms with Gasteiger partial charge in [0.1, 0.15) is 5.82 Å². The van der Waals surface area contributed by atoms with Gasteiger partial charge in [0.25, 0.3) is 0 Å². The average Bonchev–Trinajstić information content (AvgIpc) is 2.31. The lowest BCUT2D eigenvalue weighted by molar-refractivity contribution is -0.144. The summed E-state index contributed by atoms with van der Waals surface area (Å²) in [6.07, 6.45) is -5.31. The number of likely N-dealkylation sites (N-methyl/N-ethyl adjacent to an activating group) is 1. The zero-order chi connectivity index (χ0) is 14.5. The van der Waals surface area contributed by atoms with Crippen LogP contribution in [0.1, 0.15) is 18.9 Å². The van der Waals surface area contributed by atoms with E-state index in [0.717, 1.165) is 4.90 Å². The van der Waals surface area contributed by atoms with E-state index in [1.807, 2.05) is 0 Å². The molecule has 106 valence electrons. The standard InChI is InChI=1S/C13H15F4NO/c1-2-18(8-7-13(15,16)17)12(19)9-10-3-5-11(14)6-4-10/h3-6H,2,7-9H2,1H3. The van der Waals surface area contributed by atoms with Crippen LogP contribution in [0.15, 0.2) is 24.3 Å². The maximum atomic E-state index is 12.7. The smallest absolute Gasteiger partial charge is 0.342 e. The van der Waals surface area contributed by atoms with Gasteiger partial charge in [-0.1, -0.05) is 12.1 Å². The molecule has 19 heavy (non-hydrogen) atoms. The van der Waals surface area contributed by atoms with Crippen molar-refractivity contribution in [1.82, 2.24) is 4.90 Å². The molecule has 0 aliphatic heterocycles. The molecule has 1 amide bonds. The molecule has 0 unspecified atom stereocenters. The van der Waals surface area contributed by atoms with Crippen LogP contribution in [0.4, 0.5) is 17.6 Å². The first-order valence-electron chi connectivity index (χ1n) is 5.91. The van der Waals surface area contributed by atoms with Gasteiger partial charge in [0, 0.05) is 13.1 Å². The molecule has 0 radical (unpaired) electrons. The van der Waals surface area contributed by atoms with Crippen molar-refractivity contribution in [3.05, 3.63) is 35.6 Å². The van der Waals surface area contributed by atoms with E-state index in [1.54, 1.807) is 6.92 Å². The third-order valence-corrected chi connectivity index (χ3v) is 2.67. The minimum atomic E-state index is -4.27. The fourth-order valence-corrected chi connectivity index (χ4v) is 1.61. The van der Waals surface area contributed by atoms with Gasteiger partial charge in [-0.25, -0.2) is 4.39 Å². The molecule has 0 bridgehead atoms. The third kappa shape index (κ3) is 5.72. The summed E-state index contributed by atoms with van der Waals surface area (Å²) in [7, 11) is 0. The Labute approximate surface area is 109 Å². The van der Waals surface area contributed by atoms with Gasteiger partial charge in [-0.3, -0.25) is 4.79 Å². The van der Waals surface area contributed by atoms with Crippen molar-refractivity contribution in [1.29, 1.82) is 0 Å². The van der Waals surface area contributed by atoms with Crippen molar-refractivity contribution in [2.45, 2.75) is 25.9 Å². The molecule has 0 aromatic heterocycles. The van der Waals surface area contributed by atoms with Crippen LogP contribution >= 0.6 is 0 Å². The molecule has 0 aliphatic carbocycles. The zero-order valence-corrected chi connectivity index (χ0v) is 10.5. The summed E-state index contributed by atoms with van der Waals surface area (Å²) in [5.41, 5.74) is 0.580. The first-order valence-corrected chi connectivity index (χ1v) is 5.91. The summed E-state index contributed by atoms with van der Waals surface area (Å²) in [6.45, 7) is 1.50. The average molecular weight is 277 g/mol. The molecule has 0 fully saturated rings. The highest BCUT2D eigenvalue weighted by Crippen LogP contribution is 2.20. The number of amides is 1. The Morgan fingerprint density at radius 3 is 2.26 bits per heavy atom. The molecule has 1 aromatic rings. The quantitative estimate of drug-likeness (QED) is 0.757. The predicted molar refractivity (Wildman–Crippen MR) is 63.0 cm³/mol. The minimum Gasteiger partial charge on any atom is -0.342 e. The van der Waals surface area contributed by atoms with E-state index in [-0.39, 0.29) is 19.5 Å². The van der Waals surface area contributed by atoms with Crippen LogP contribution in [0.2, 0.25) is 0 Å². The molecule has 2 nitrogen and oxygen atoms in total. The molecule has 0 heterocycles. The summed E-state index contributed by atoms with van der Waals surface area (Å²) < 4.78 is 49.0. The molecular weight excluding hydrogens is 262 g/mol. The number of carbonyl (C=O) groups excluding carboxylic acids is 1. The van der Waals surface area contributed by atoms with Crippen molar-refractivity contribution in [3.63, 3.8) is 0 Å². The number of hydrogen-bond donors (Lipinski definition) is 0. The van der Waals surface area contributed by atoms with Crippen molar-refractivity contribution >= 4 is 5.91 Å². The lowest BCUT2D eigenvalue weighted by Crippen LogP contribution is -2.35. The van der Waals surface area contributed by atoms with Crippen LogP contribution in [-0.2, 0) is 11.2 Å². The molecular formula is C13H15F4NO. The topological polar surface area (TPSA) is 20.3 Å². The summed E-state index contributed by atoms with van der Waals surface area (Å²) in [5, 5.41) is 0. The van der Waals surface area contributed by atoms with Crippen LogP contribution in [0.25, 0.3) is 0 Å². The van der Waals surface area contributed by atoms with Crippen LogP contribution < -0.4 is 0 Å². The van der Waals surface area contributed by atoms with E-state index in [0.29, 0.717) is 5.56 Å². The van der Waals surface area contributed by atoms with Gasteiger partial charge >= 0.3 is 6.18 Å². The monoisotopic (exact) mass is 277 g/mol. The maximum absolute atomic E-state index is 12.7. The van der Waals surface area contributed by atoms with Crippen LogP contribution in [0, 0.1) is 5.82 Å². The van der Waals surface area contributed by atoms with Gasteiger partial charge in [-0.05, 0) is 24.6 Å². The van der Waals surface area contributed by atoms with E-state index in [2.05, 4.69) is 0 Å². The van der Waals surface area contributed by atoms with Crippen molar-refractivity contribution in [2.24, 2.45) is 0 Å². The molecule has 6 heteroatoms. The van der Waals surface area contributed by atoms with E-state index in [1.165, 1.54) is 24.3 Å². The van der Waals surface area contributed by atoms with Gasteiger partial charge in [0.15, 0.2) is 0 Å². The van der Waals surface area contributed by atoms with Gasteiger partial charge in [0.2, 0.25) is 5.91 Å². The van der Waals surface area contributed by atoms with Crippen LogP contribution in [0.3, 0.4) is 0 Å². The van der Waals surface area contributed by atoms with Crippen LogP contribution in [-0.4, -0.2) is 30.1 Å². The number of carbonyl (C=O) groups is 1. The molecule has 0 saturated carbocycles. The lowest BCUT2D eigenvalue weighted by atomic mass is 10.1. The lowest BCUT2D eigenvalue weighted by Gasteiger charge is -2.21. The highest BCUT2D eigenvalue weighted by Gasteiger charge is 2.28. The largest absolute Gasteiger partial charge is 0.390 e. The fraction of sp³-hybridized carbons (Fsp3) is 0.462. The number of nitrogens with zero attached hydrogens (tertiary/aromatic N) is 1. The second-order valence-electron chi connectivity index (χ2n) is 4.14. The molecule has 0 aliphatic rings. The number of hydrogen-bond acceptors (Lipinski definition) is 1. The Bertz CT molecular complexity index is 414. The number of halogens is 4. The molecule has 0 spiro atoms. The fourth-order valence-electron chi connectivity index (χ4n) is 1.61. The molecule has 0 N–H and O–H groups in total. The zero-order valence-electron chi connectivity index (χ0n) is 10.5. The third-order valence-electron chi connectivity index (χ3n) is 2.67. The molecule has 1 rings (SSSR count). The highest BCUT2D eigenvalue weighted by molar-refractivity contribution is 5.78. The first-order chi connectivity index (χ1) is 8.81. The maximum Gasteiger partial charge on any atom is 0.390 e. The Hall–Kier alpha value is -1.59. The summed E-state index contributed by atoms with van der Waals surface area (Å²) >= 11 is 0. The van der Waals surface area contributed by atoms with E-state index < -0.39 is 24.3 Å². The van der Waals surface area contributed by atoms with Crippen LogP contribution in [0.5, 0.6) is 0 Å². The van der Waals surface area contributed by atoms with Crippen molar-refractivity contribution in [3.8, 4) is 0 Å². The number of alkyl halides is 3. The van der Waals surface area contributed by atoms with Crippen molar-refractivity contribution < 1.29 is 22.4 Å². The predicted octanol–water partition coefficient (Wildman–Crippen LogP) is 3.17. The van der Waals surface area contributed by atoms with E-state index in [9.17, 15) is 22.4 Å². The van der Waals surface area contributed by atoms with Gasteiger partial charge in [-0.2, -0.15) is 13.2 Å². The Balaban J connectivity index is 2.56. The number of benzene rings is 1. The Morgan fingerprint density at radius 1 is 1.21 bits per heavy atom. The Morgan fingerprint density at radius 2 is 1.79 bits per heavy atom. The first kappa shape index (κ1) is 15.5. The summed E-state index contributed by atoms with van der Waals surface area (Å²) in [6, 6.07) is 5.33. The summed E-state index contributed by atoms with van der Waals surface area (Å²) in [4.78, 5) is 13.0. The highest BCUT2D eigenvalue weighted by atomic mass is 19.4. The van der Waals surface area contributed by atoms with Gasteiger partial charge in [0.05, 0.1) is 12.8 Å². The van der Waals surface area contributed by atoms with Crippen molar-refractivity contribution in [2.75, 3.05) is 13.1 Å². The van der Waals surface area contributed by atoms with E-state index >= 15 is 0 Å². The SMILES string of the molecule is CCN(CCC(F)(F)F)C(=O)Cc1ccc(F)cc1. The molecule has 1 aromatic carbocycles. The molecule has 0 saturated heterocycles.